The number of rotatable bonds is 6. The Hall–Kier alpha value is -1.95. The molecule has 1 heterocycles. The number of aromatic carboxylic acids is 1. The summed E-state index contributed by atoms with van der Waals surface area (Å²) in [6, 6.07) is 8.77. The zero-order valence-electron chi connectivity index (χ0n) is 9.84. The fourth-order valence-electron chi connectivity index (χ4n) is 1.35. The third-order valence-electron chi connectivity index (χ3n) is 2.20. The van der Waals surface area contributed by atoms with E-state index in [0.717, 1.165) is 0 Å². The lowest BCUT2D eigenvalue weighted by Crippen LogP contribution is -1.99. The first-order chi connectivity index (χ1) is 9.15. The van der Waals surface area contributed by atoms with Crippen molar-refractivity contribution in [3.63, 3.8) is 0 Å². The van der Waals surface area contributed by atoms with E-state index < -0.39 is 5.97 Å². The number of carboxylic acid groups (broad SMARTS) is 1. The van der Waals surface area contributed by atoms with Crippen molar-refractivity contribution >= 4 is 17.7 Å². The number of hydrogen-bond acceptors (Lipinski definition) is 4. The molecule has 0 aliphatic rings. The molecule has 0 bridgehead atoms. The van der Waals surface area contributed by atoms with Crippen molar-refractivity contribution in [2.24, 2.45) is 0 Å². The minimum atomic E-state index is -1.09. The summed E-state index contributed by atoms with van der Waals surface area (Å²) in [7, 11) is 0. The number of ether oxygens (including phenoxy) is 1. The third-order valence-corrected chi connectivity index (χ3v) is 3.08. The summed E-state index contributed by atoms with van der Waals surface area (Å²) in [5.74, 6) is -0.285. The van der Waals surface area contributed by atoms with Crippen LogP contribution in [0.4, 0.5) is 4.39 Å². The van der Waals surface area contributed by atoms with Gasteiger partial charge in [-0.2, -0.15) is 0 Å². The molecule has 0 aliphatic heterocycles. The molecule has 1 aromatic heterocycles. The van der Waals surface area contributed by atoms with Crippen molar-refractivity contribution in [1.29, 1.82) is 0 Å². The minimum absolute atomic E-state index is 0.0815. The van der Waals surface area contributed by atoms with E-state index in [9.17, 15) is 9.18 Å². The van der Waals surface area contributed by atoms with Gasteiger partial charge < -0.3 is 14.3 Å². The molecule has 6 heteroatoms. The second kappa shape index (κ2) is 6.29. The first-order valence-corrected chi connectivity index (χ1v) is 6.48. The number of carbonyl (C=O) groups is 1. The maximum Gasteiger partial charge on any atom is 0.371 e. The number of thioether (sulfide) groups is 1. The van der Waals surface area contributed by atoms with Crippen LogP contribution in [0, 0.1) is 5.82 Å². The molecule has 2 aromatic rings. The molecule has 0 saturated carbocycles. The molecule has 0 saturated heterocycles. The molecule has 0 spiro atoms. The van der Waals surface area contributed by atoms with E-state index in [1.807, 2.05) is 0 Å². The van der Waals surface area contributed by atoms with Crippen LogP contribution >= 0.6 is 11.8 Å². The van der Waals surface area contributed by atoms with Gasteiger partial charge >= 0.3 is 5.97 Å². The van der Waals surface area contributed by atoms with Crippen molar-refractivity contribution in [2.45, 2.75) is 5.09 Å². The summed E-state index contributed by atoms with van der Waals surface area (Å²) in [6.07, 6.45) is 0. The van der Waals surface area contributed by atoms with Crippen molar-refractivity contribution < 1.29 is 23.4 Å². The Labute approximate surface area is 113 Å². The van der Waals surface area contributed by atoms with Crippen LogP contribution in [0.3, 0.4) is 0 Å². The third kappa shape index (κ3) is 4.03. The number of benzene rings is 1. The molecular weight excluding hydrogens is 271 g/mol. The fourth-order valence-corrected chi connectivity index (χ4v) is 2.03. The topological polar surface area (TPSA) is 59.7 Å². The molecule has 100 valence electrons. The molecule has 0 atom stereocenters. The first-order valence-electron chi connectivity index (χ1n) is 5.49. The Morgan fingerprint density at radius 2 is 2.00 bits per heavy atom. The molecule has 2 rings (SSSR count). The second-order valence-corrected chi connectivity index (χ2v) is 4.67. The smallest absolute Gasteiger partial charge is 0.371 e. The van der Waals surface area contributed by atoms with E-state index >= 15 is 0 Å². The molecule has 1 N–H and O–H groups in total. The Morgan fingerprint density at radius 3 is 2.63 bits per heavy atom. The highest BCUT2D eigenvalue weighted by Crippen LogP contribution is 2.21. The Bertz CT molecular complexity index is 550. The lowest BCUT2D eigenvalue weighted by molar-refractivity contribution is 0.0656. The van der Waals surface area contributed by atoms with Crippen LogP contribution in [0.5, 0.6) is 5.75 Å². The molecule has 0 aliphatic carbocycles. The fraction of sp³-hybridized carbons (Fsp3) is 0.154. The second-order valence-electron chi connectivity index (χ2n) is 3.57. The molecule has 4 nitrogen and oxygen atoms in total. The van der Waals surface area contributed by atoms with Crippen LogP contribution in [0.15, 0.2) is 45.9 Å². The summed E-state index contributed by atoms with van der Waals surface area (Å²) >= 11 is 1.35. The molecule has 0 fully saturated rings. The Balaban J connectivity index is 1.74. The number of carboxylic acids is 1. The summed E-state index contributed by atoms with van der Waals surface area (Å²) in [6.45, 7) is 0.416. The van der Waals surface area contributed by atoms with Crippen LogP contribution in [-0.2, 0) is 0 Å². The SMILES string of the molecule is O=C(O)c1ccc(SCCOc2ccc(F)cc2)o1. The van der Waals surface area contributed by atoms with Crippen LogP contribution in [0.1, 0.15) is 10.6 Å². The van der Waals surface area contributed by atoms with E-state index in [1.54, 1.807) is 18.2 Å². The molecule has 0 unspecified atom stereocenters. The van der Waals surface area contributed by atoms with E-state index in [-0.39, 0.29) is 11.6 Å². The van der Waals surface area contributed by atoms with Crippen LogP contribution in [-0.4, -0.2) is 23.4 Å². The average Bonchev–Trinajstić information content (AvgIpc) is 2.86. The number of halogens is 1. The summed E-state index contributed by atoms with van der Waals surface area (Å²) < 4.78 is 23.1. The van der Waals surface area contributed by atoms with Crippen molar-refractivity contribution in [2.75, 3.05) is 12.4 Å². The highest BCUT2D eigenvalue weighted by atomic mass is 32.2. The lowest BCUT2D eigenvalue weighted by Gasteiger charge is -2.04. The normalized spacial score (nSPS) is 10.4. The van der Waals surface area contributed by atoms with E-state index in [2.05, 4.69) is 0 Å². The van der Waals surface area contributed by atoms with Crippen molar-refractivity contribution in [1.82, 2.24) is 0 Å². The monoisotopic (exact) mass is 282 g/mol. The number of furan rings is 1. The van der Waals surface area contributed by atoms with Gasteiger partial charge in [0.15, 0.2) is 5.09 Å². The molecule has 19 heavy (non-hydrogen) atoms. The van der Waals surface area contributed by atoms with Gasteiger partial charge in [-0.3, -0.25) is 0 Å². The van der Waals surface area contributed by atoms with Crippen LogP contribution in [0.2, 0.25) is 0 Å². The van der Waals surface area contributed by atoms with Crippen molar-refractivity contribution in [3.8, 4) is 5.75 Å². The summed E-state index contributed by atoms with van der Waals surface area (Å²) in [5, 5.41) is 9.21. The highest BCUT2D eigenvalue weighted by molar-refractivity contribution is 7.99. The largest absolute Gasteiger partial charge is 0.493 e. The quantitative estimate of drug-likeness (QED) is 0.650. The van der Waals surface area contributed by atoms with Gasteiger partial charge in [-0.25, -0.2) is 9.18 Å². The maximum absolute atomic E-state index is 12.6. The van der Waals surface area contributed by atoms with E-state index in [4.69, 9.17) is 14.3 Å². The van der Waals surface area contributed by atoms with Gasteiger partial charge in [-0.15, -0.1) is 0 Å². The van der Waals surface area contributed by atoms with Crippen LogP contribution < -0.4 is 4.74 Å². The zero-order valence-corrected chi connectivity index (χ0v) is 10.7. The van der Waals surface area contributed by atoms with Crippen molar-refractivity contribution in [3.05, 3.63) is 48.0 Å². The predicted octanol–water partition coefficient (Wildman–Crippen LogP) is 3.29. The predicted molar refractivity (Wildman–Crippen MR) is 68.3 cm³/mol. The van der Waals surface area contributed by atoms with Gasteiger partial charge in [0.1, 0.15) is 11.6 Å². The highest BCUT2D eigenvalue weighted by Gasteiger charge is 2.08. The number of hydrogen-bond donors (Lipinski definition) is 1. The average molecular weight is 282 g/mol. The van der Waals surface area contributed by atoms with Gasteiger partial charge in [-0.1, -0.05) is 11.8 Å². The van der Waals surface area contributed by atoms with Gasteiger partial charge in [0.2, 0.25) is 5.76 Å². The maximum atomic E-state index is 12.6. The minimum Gasteiger partial charge on any atom is -0.493 e. The first kappa shape index (κ1) is 13.5. The van der Waals surface area contributed by atoms with Gasteiger partial charge in [0, 0.05) is 5.75 Å². The molecule has 1 aromatic carbocycles. The molecule has 0 amide bonds. The lowest BCUT2D eigenvalue weighted by atomic mass is 10.3. The standard InChI is InChI=1S/C13H11FO4S/c14-9-1-3-10(4-2-9)17-7-8-19-12-6-5-11(18-12)13(15)16/h1-6H,7-8H2,(H,15,16). The van der Waals surface area contributed by atoms with Crippen LogP contribution in [0.25, 0.3) is 0 Å². The Morgan fingerprint density at radius 1 is 1.26 bits per heavy atom. The van der Waals surface area contributed by atoms with Gasteiger partial charge in [-0.05, 0) is 36.4 Å². The summed E-state index contributed by atoms with van der Waals surface area (Å²) in [5.41, 5.74) is 0. The summed E-state index contributed by atoms with van der Waals surface area (Å²) in [4.78, 5) is 10.6. The zero-order chi connectivity index (χ0) is 13.7. The van der Waals surface area contributed by atoms with E-state index in [1.165, 1.54) is 30.0 Å². The van der Waals surface area contributed by atoms with E-state index in [0.29, 0.717) is 23.2 Å². The molecule has 0 radical (unpaired) electrons. The molecular formula is C13H11FO4S. The van der Waals surface area contributed by atoms with Gasteiger partial charge in [0.05, 0.1) is 6.61 Å². The van der Waals surface area contributed by atoms with Gasteiger partial charge in [0.25, 0.3) is 0 Å². The Kier molecular flexibility index (Phi) is 4.46.